The third-order valence-electron chi connectivity index (χ3n) is 2.67. The average Bonchev–Trinajstić information content (AvgIpc) is 2.38. The van der Waals surface area contributed by atoms with Crippen molar-refractivity contribution >= 4 is 17.8 Å². The minimum Gasteiger partial charge on any atom is -0.366 e. The van der Waals surface area contributed by atoms with Gasteiger partial charge in [0, 0.05) is 11.8 Å². The van der Waals surface area contributed by atoms with Crippen molar-refractivity contribution in [1.82, 2.24) is 0 Å². The number of nitrogens with two attached hydrogens (primary N) is 1. The first kappa shape index (κ1) is 12.0. The first-order chi connectivity index (χ1) is 8.66. The number of hydrogen-bond acceptors (Lipinski definition) is 2. The van der Waals surface area contributed by atoms with Crippen LogP contribution in [0.25, 0.3) is 0 Å². The summed E-state index contributed by atoms with van der Waals surface area (Å²) in [6.45, 7) is 2.03. The summed E-state index contributed by atoms with van der Waals surface area (Å²) >= 11 is 0. The molecule has 3 nitrogen and oxygen atoms in total. The summed E-state index contributed by atoms with van der Waals surface area (Å²) in [6.07, 6.45) is 1.79. The number of hydrogen-bond donors (Lipinski definition) is 1. The molecule has 0 saturated carbocycles. The zero-order valence-corrected chi connectivity index (χ0v) is 10.1. The molecule has 0 spiro atoms. The van der Waals surface area contributed by atoms with Crippen LogP contribution in [-0.2, 0) is 0 Å². The summed E-state index contributed by atoms with van der Waals surface area (Å²) in [6, 6.07) is 14.9. The van der Waals surface area contributed by atoms with Gasteiger partial charge in [-0.25, -0.2) is 0 Å². The molecule has 2 rings (SSSR count). The summed E-state index contributed by atoms with van der Waals surface area (Å²) < 4.78 is 0. The maximum absolute atomic E-state index is 11.1. The minimum atomic E-state index is -0.442. The monoisotopic (exact) mass is 238 g/mol. The van der Waals surface area contributed by atoms with Crippen molar-refractivity contribution in [3.05, 3.63) is 65.2 Å². The fraction of sp³-hybridized carbons (Fsp3) is 0.0667. The van der Waals surface area contributed by atoms with Crippen molar-refractivity contribution in [1.29, 1.82) is 0 Å². The molecule has 0 aromatic heterocycles. The van der Waals surface area contributed by atoms with Crippen LogP contribution in [0.2, 0.25) is 0 Å². The molecule has 0 radical (unpaired) electrons. The van der Waals surface area contributed by atoms with Gasteiger partial charge in [0.1, 0.15) is 0 Å². The highest BCUT2D eigenvalue weighted by atomic mass is 16.1. The Kier molecular flexibility index (Phi) is 3.53. The summed E-state index contributed by atoms with van der Waals surface area (Å²) in [7, 11) is 0. The highest BCUT2D eigenvalue weighted by molar-refractivity contribution is 5.94. The molecule has 0 aliphatic carbocycles. The lowest BCUT2D eigenvalue weighted by Gasteiger charge is -1.99. The molecule has 18 heavy (non-hydrogen) atoms. The number of carbonyl (C=O) groups is 1. The van der Waals surface area contributed by atoms with Crippen LogP contribution in [0.3, 0.4) is 0 Å². The molecule has 0 heterocycles. The van der Waals surface area contributed by atoms with Crippen molar-refractivity contribution in [2.45, 2.75) is 6.92 Å². The molecule has 0 fully saturated rings. The quantitative estimate of drug-likeness (QED) is 0.821. The maximum Gasteiger partial charge on any atom is 0.248 e. The van der Waals surface area contributed by atoms with Gasteiger partial charge in [-0.3, -0.25) is 9.79 Å². The van der Waals surface area contributed by atoms with E-state index in [2.05, 4.69) is 4.99 Å². The number of amides is 1. The van der Waals surface area contributed by atoms with Gasteiger partial charge in [-0.15, -0.1) is 0 Å². The van der Waals surface area contributed by atoms with Crippen LogP contribution < -0.4 is 5.73 Å². The molecule has 0 bridgehead atoms. The summed E-state index contributed by atoms with van der Waals surface area (Å²) in [5, 5.41) is 0. The number of carbonyl (C=O) groups excluding carboxylic acids is 1. The Hall–Kier alpha value is -2.42. The summed E-state index contributed by atoms with van der Waals surface area (Å²) in [5.41, 5.74) is 8.62. The fourth-order valence-electron chi connectivity index (χ4n) is 1.62. The van der Waals surface area contributed by atoms with E-state index >= 15 is 0 Å². The zero-order chi connectivity index (χ0) is 13.0. The highest BCUT2D eigenvalue weighted by Crippen LogP contribution is 2.14. The number of rotatable bonds is 3. The Labute approximate surface area is 106 Å². The van der Waals surface area contributed by atoms with Gasteiger partial charge in [0.25, 0.3) is 0 Å². The Morgan fingerprint density at radius 2 is 1.94 bits per heavy atom. The molecule has 2 aromatic rings. The van der Waals surface area contributed by atoms with Crippen LogP contribution in [0, 0.1) is 6.92 Å². The Morgan fingerprint density at radius 1 is 1.17 bits per heavy atom. The zero-order valence-electron chi connectivity index (χ0n) is 10.1. The van der Waals surface area contributed by atoms with Gasteiger partial charge in [-0.2, -0.15) is 0 Å². The number of primary amides is 1. The molecule has 2 N–H and O–H groups in total. The van der Waals surface area contributed by atoms with Crippen LogP contribution in [-0.4, -0.2) is 12.1 Å². The Morgan fingerprint density at radius 3 is 2.67 bits per heavy atom. The lowest BCUT2D eigenvalue weighted by Crippen LogP contribution is -2.10. The van der Waals surface area contributed by atoms with E-state index in [0.29, 0.717) is 5.56 Å². The third-order valence-corrected chi connectivity index (χ3v) is 2.67. The molecule has 1 amide bonds. The van der Waals surface area contributed by atoms with Gasteiger partial charge < -0.3 is 5.73 Å². The largest absolute Gasteiger partial charge is 0.366 e. The van der Waals surface area contributed by atoms with E-state index in [1.807, 2.05) is 37.3 Å². The summed E-state index contributed by atoms with van der Waals surface area (Å²) in [4.78, 5) is 15.4. The molecule has 0 aliphatic heterocycles. The Balaban J connectivity index is 2.27. The average molecular weight is 238 g/mol. The van der Waals surface area contributed by atoms with Crippen molar-refractivity contribution in [2.24, 2.45) is 10.7 Å². The highest BCUT2D eigenvalue weighted by Gasteiger charge is 1.99. The fourth-order valence-corrected chi connectivity index (χ4v) is 1.62. The van der Waals surface area contributed by atoms with E-state index in [1.54, 1.807) is 24.4 Å². The second-order valence-electron chi connectivity index (χ2n) is 4.03. The van der Waals surface area contributed by atoms with Gasteiger partial charge in [-0.05, 0) is 36.2 Å². The SMILES string of the molecule is Cc1ccccc1C=Nc1cccc(C(N)=O)c1. The van der Waals surface area contributed by atoms with Crippen LogP contribution in [0.15, 0.2) is 53.5 Å². The van der Waals surface area contributed by atoms with Crippen molar-refractivity contribution in [2.75, 3.05) is 0 Å². The molecule has 0 unspecified atom stereocenters. The molecule has 2 aromatic carbocycles. The van der Waals surface area contributed by atoms with E-state index in [4.69, 9.17) is 5.73 Å². The molecule has 0 saturated heterocycles. The molecule has 3 heteroatoms. The van der Waals surface area contributed by atoms with Gasteiger partial charge in [-0.1, -0.05) is 30.3 Å². The number of aliphatic imine (C=N–C) groups is 1. The third kappa shape index (κ3) is 2.83. The second kappa shape index (κ2) is 5.27. The van der Waals surface area contributed by atoms with Gasteiger partial charge in [0.2, 0.25) is 5.91 Å². The first-order valence-electron chi connectivity index (χ1n) is 5.66. The lowest BCUT2D eigenvalue weighted by atomic mass is 10.1. The number of nitrogens with zero attached hydrogens (tertiary/aromatic N) is 1. The molecular weight excluding hydrogens is 224 g/mol. The molecule has 90 valence electrons. The Bertz CT molecular complexity index is 603. The van der Waals surface area contributed by atoms with Crippen LogP contribution in [0.5, 0.6) is 0 Å². The second-order valence-corrected chi connectivity index (χ2v) is 4.03. The smallest absolute Gasteiger partial charge is 0.248 e. The van der Waals surface area contributed by atoms with Crippen LogP contribution in [0.1, 0.15) is 21.5 Å². The van der Waals surface area contributed by atoms with E-state index in [0.717, 1.165) is 16.8 Å². The topological polar surface area (TPSA) is 55.4 Å². The van der Waals surface area contributed by atoms with Crippen molar-refractivity contribution in [3.8, 4) is 0 Å². The predicted octanol–water partition coefficient (Wildman–Crippen LogP) is 2.84. The van der Waals surface area contributed by atoms with Gasteiger partial charge >= 0.3 is 0 Å². The molecule has 0 atom stereocenters. The molecule has 0 aliphatic rings. The van der Waals surface area contributed by atoms with Crippen LogP contribution in [0.4, 0.5) is 5.69 Å². The normalized spacial score (nSPS) is 10.7. The van der Waals surface area contributed by atoms with E-state index in [9.17, 15) is 4.79 Å². The number of aryl methyl sites for hydroxylation is 1. The van der Waals surface area contributed by atoms with Crippen molar-refractivity contribution < 1.29 is 4.79 Å². The first-order valence-corrected chi connectivity index (χ1v) is 5.66. The van der Waals surface area contributed by atoms with Gasteiger partial charge in [0.15, 0.2) is 0 Å². The standard InChI is InChI=1S/C15H14N2O/c1-11-5-2-3-6-13(11)10-17-14-8-4-7-12(9-14)15(16)18/h2-10H,1H3,(H2,16,18). The molecular formula is C15H14N2O. The lowest BCUT2D eigenvalue weighted by molar-refractivity contribution is 0.100. The maximum atomic E-state index is 11.1. The number of benzene rings is 2. The van der Waals surface area contributed by atoms with Gasteiger partial charge in [0.05, 0.1) is 5.69 Å². The van der Waals surface area contributed by atoms with Crippen LogP contribution >= 0.6 is 0 Å². The van der Waals surface area contributed by atoms with E-state index < -0.39 is 5.91 Å². The van der Waals surface area contributed by atoms with E-state index in [-0.39, 0.29) is 0 Å². The van der Waals surface area contributed by atoms with E-state index in [1.165, 1.54) is 0 Å². The minimum absolute atomic E-state index is 0.442. The van der Waals surface area contributed by atoms with Crippen molar-refractivity contribution in [3.63, 3.8) is 0 Å². The summed E-state index contributed by atoms with van der Waals surface area (Å²) in [5.74, 6) is -0.442. The predicted molar refractivity (Wildman–Crippen MR) is 73.4 cm³/mol.